The maximum atomic E-state index is 12.9. The number of fused-ring (bicyclic) bond motifs is 1. The van der Waals surface area contributed by atoms with Crippen molar-refractivity contribution in [2.75, 3.05) is 37.7 Å². The molecule has 3 heterocycles. The van der Waals surface area contributed by atoms with Crippen LogP contribution < -0.4 is 4.90 Å². The largest absolute Gasteiger partial charge is 0.395 e. The molecule has 7 heteroatoms. The second-order valence-corrected chi connectivity index (χ2v) is 8.53. The van der Waals surface area contributed by atoms with Crippen molar-refractivity contribution in [2.24, 2.45) is 5.92 Å². The van der Waals surface area contributed by atoms with Gasteiger partial charge in [0.1, 0.15) is 17.0 Å². The van der Waals surface area contributed by atoms with Crippen LogP contribution in [-0.2, 0) is 4.79 Å². The van der Waals surface area contributed by atoms with Crippen molar-refractivity contribution in [3.05, 3.63) is 16.8 Å². The van der Waals surface area contributed by atoms with E-state index >= 15 is 0 Å². The Kier molecular flexibility index (Phi) is 6.65. The van der Waals surface area contributed by atoms with Crippen LogP contribution in [0.3, 0.4) is 0 Å². The predicted molar refractivity (Wildman–Crippen MR) is 110 cm³/mol. The molecule has 0 radical (unpaired) electrons. The number of anilines is 1. The van der Waals surface area contributed by atoms with Gasteiger partial charge in [-0.15, -0.1) is 11.3 Å². The highest BCUT2D eigenvalue weighted by Crippen LogP contribution is 2.35. The average molecular weight is 391 g/mol. The molecule has 0 aliphatic carbocycles. The molecule has 2 aromatic rings. The van der Waals surface area contributed by atoms with Crippen LogP contribution in [0.2, 0.25) is 0 Å². The Morgan fingerprint density at radius 3 is 2.70 bits per heavy atom. The van der Waals surface area contributed by atoms with E-state index in [1.807, 2.05) is 4.90 Å². The van der Waals surface area contributed by atoms with Gasteiger partial charge in [-0.25, -0.2) is 9.97 Å². The minimum Gasteiger partial charge on any atom is -0.395 e. The van der Waals surface area contributed by atoms with Crippen LogP contribution in [0.5, 0.6) is 0 Å². The van der Waals surface area contributed by atoms with Gasteiger partial charge >= 0.3 is 0 Å². The van der Waals surface area contributed by atoms with Gasteiger partial charge in [0, 0.05) is 37.0 Å². The summed E-state index contributed by atoms with van der Waals surface area (Å²) in [5.74, 6) is 1.26. The molecule has 1 fully saturated rings. The molecule has 1 N–H and O–H groups in total. The second kappa shape index (κ2) is 8.97. The highest BCUT2D eigenvalue weighted by atomic mass is 32.1. The number of aliphatic hydroxyl groups is 1. The van der Waals surface area contributed by atoms with Gasteiger partial charge in [0.25, 0.3) is 0 Å². The number of aliphatic hydroxyl groups excluding tert-OH is 1. The Labute approximate surface area is 165 Å². The molecule has 148 valence electrons. The summed E-state index contributed by atoms with van der Waals surface area (Å²) in [6, 6.07) is 0. The van der Waals surface area contributed by atoms with Crippen LogP contribution >= 0.6 is 11.3 Å². The van der Waals surface area contributed by atoms with Crippen molar-refractivity contribution in [3.8, 4) is 0 Å². The number of carbonyl (C=O) groups excluding carboxylic acids is 1. The van der Waals surface area contributed by atoms with Crippen molar-refractivity contribution in [1.82, 2.24) is 14.9 Å². The number of nitrogens with zero attached hydrogens (tertiary/aromatic N) is 4. The summed E-state index contributed by atoms with van der Waals surface area (Å²) < 4.78 is 0. The topological polar surface area (TPSA) is 69.6 Å². The van der Waals surface area contributed by atoms with Gasteiger partial charge < -0.3 is 14.9 Å². The van der Waals surface area contributed by atoms with Crippen molar-refractivity contribution >= 4 is 33.3 Å². The lowest BCUT2D eigenvalue weighted by Crippen LogP contribution is -2.44. The zero-order valence-electron chi connectivity index (χ0n) is 16.6. The van der Waals surface area contributed by atoms with Gasteiger partial charge in [-0.1, -0.05) is 13.3 Å². The van der Waals surface area contributed by atoms with E-state index in [4.69, 9.17) is 0 Å². The van der Waals surface area contributed by atoms with Crippen molar-refractivity contribution in [2.45, 2.75) is 46.5 Å². The fourth-order valence-electron chi connectivity index (χ4n) is 3.80. The quantitative estimate of drug-likeness (QED) is 0.786. The smallest absolute Gasteiger partial charge is 0.225 e. The van der Waals surface area contributed by atoms with Gasteiger partial charge in [0.15, 0.2) is 0 Å². The van der Waals surface area contributed by atoms with E-state index in [9.17, 15) is 9.90 Å². The van der Waals surface area contributed by atoms with Crippen LogP contribution in [0.25, 0.3) is 10.2 Å². The van der Waals surface area contributed by atoms with Crippen LogP contribution in [0, 0.1) is 19.8 Å². The van der Waals surface area contributed by atoms with E-state index in [2.05, 4.69) is 35.6 Å². The van der Waals surface area contributed by atoms with Crippen LogP contribution in [0.4, 0.5) is 5.82 Å². The molecule has 1 amide bonds. The summed E-state index contributed by atoms with van der Waals surface area (Å²) in [6.45, 7) is 9.27. The zero-order chi connectivity index (χ0) is 19.4. The maximum Gasteiger partial charge on any atom is 0.225 e. The Bertz CT molecular complexity index is 784. The van der Waals surface area contributed by atoms with E-state index in [1.54, 1.807) is 17.7 Å². The predicted octanol–water partition coefficient (Wildman–Crippen LogP) is 3.15. The first-order chi connectivity index (χ1) is 13.1. The molecule has 0 spiro atoms. The lowest BCUT2D eigenvalue weighted by atomic mass is 9.94. The van der Waals surface area contributed by atoms with Gasteiger partial charge in [0.05, 0.1) is 12.0 Å². The lowest BCUT2D eigenvalue weighted by Gasteiger charge is -2.35. The average Bonchev–Trinajstić information content (AvgIpc) is 2.99. The second-order valence-electron chi connectivity index (χ2n) is 7.32. The number of aryl methyl sites for hydroxylation is 2. The van der Waals surface area contributed by atoms with Crippen LogP contribution in [0.1, 0.15) is 43.0 Å². The highest BCUT2D eigenvalue weighted by Gasteiger charge is 2.29. The summed E-state index contributed by atoms with van der Waals surface area (Å²) in [6.07, 6.45) is 5.36. The number of aromatic nitrogens is 2. The zero-order valence-corrected chi connectivity index (χ0v) is 17.4. The SMILES string of the molecule is CCCCN(CCO)C(=O)C1CCN(c2ncnc3sc(C)c(C)c23)CC1. The minimum absolute atomic E-state index is 0.0317. The van der Waals surface area contributed by atoms with Gasteiger partial charge in [-0.05, 0) is 38.7 Å². The van der Waals surface area contributed by atoms with Crippen molar-refractivity contribution in [1.29, 1.82) is 0 Å². The number of thiophene rings is 1. The molecule has 0 unspecified atom stereocenters. The highest BCUT2D eigenvalue weighted by molar-refractivity contribution is 7.18. The van der Waals surface area contributed by atoms with E-state index in [1.165, 1.54) is 10.4 Å². The molecule has 27 heavy (non-hydrogen) atoms. The fraction of sp³-hybridized carbons (Fsp3) is 0.650. The van der Waals surface area contributed by atoms with Gasteiger partial charge in [0.2, 0.25) is 5.91 Å². The van der Waals surface area contributed by atoms with Gasteiger partial charge in [-0.3, -0.25) is 4.79 Å². The Balaban J connectivity index is 1.69. The third-order valence-corrected chi connectivity index (χ3v) is 6.67. The molecule has 0 bridgehead atoms. The number of carbonyl (C=O) groups is 1. The van der Waals surface area contributed by atoms with Crippen molar-refractivity contribution < 1.29 is 9.90 Å². The van der Waals surface area contributed by atoms with Crippen LogP contribution in [0.15, 0.2) is 6.33 Å². The Morgan fingerprint density at radius 1 is 1.30 bits per heavy atom. The van der Waals surface area contributed by atoms with Gasteiger partial charge in [-0.2, -0.15) is 0 Å². The van der Waals surface area contributed by atoms with E-state index in [0.29, 0.717) is 6.54 Å². The summed E-state index contributed by atoms with van der Waals surface area (Å²) in [7, 11) is 0. The van der Waals surface area contributed by atoms with Crippen molar-refractivity contribution in [3.63, 3.8) is 0 Å². The van der Waals surface area contributed by atoms with E-state index < -0.39 is 0 Å². The summed E-state index contributed by atoms with van der Waals surface area (Å²) in [5.41, 5.74) is 1.26. The van der Waals surface area contributed by atoms with Crippen LogP contribution in [-0.4, -0.2) is 58.7 Å². The summed E-state index contributed by atoms with van der Waals surface area (Å²) in [5, 5.41) is 10.4. The standard InChI is InChI=1S/C20H30N4O2S/c1-4-5-8-24(11-12-25)20(26)16-6-9-23(10-7-16)18-17-14(2)15(3)27-19(17)22-13-21-18/h13,16,25H,4-12H2,1-3H3. The molecule has 2 aromatic heterocycles. The molecule has 0 saturated carbocycles. The Morgan fingerprint density at radius 2 is 2.04 bits per heavy atom. The number of unbranched alkanes of at least 4 members (excludes halogenated alkanes) is 1. The number of hydrogen-bond acceptors (Lipinski definition) is 6. The first-order valence-corrected chi connectivity index (χ1v) is 10.7. The minimum atomic E-state index is 0.0317. The molecule has 6 nitrogen and oxygen atoms in total. The Hall–Kier alpha value is -1.73. The molecule has 1 aliphatic rings. The lowest BCUT2D eigenvalue weighted by molar-refractivity contribution is -0.136. The molecular weight excluding hydrogens is 360 g/mol. The molecule has 1 aliphatic heterocycles. The normalized spacial score (nSPS) is 15.5. The number of piperidine rings is 1. The first kappa shape index (κ1) is 20.0. The monoisotopic (exact) mass is 390 g/mol. The van der Waals surface area contributed by atoms with E-state index in [-0.39, 0.29) is 18.4 Å². The number of amides is 1. The number of hydrogen-bond donors (Lipinski definition) is 1. The third-order valence-electron chi connectivity index (χ3n) is 5.55. The van der Waals surface area contributed by atoms with E-state index in [0.717, 1.165) is 61.4 Å². The first-order valence-electron chi connectivity index (χ1n) is 9.92. The molecule has 3 rings (SSSR count). The number of rotatable bonds is 7. The molecule has 1 saturated heterocycles. The molecular formula is C20H30N4O2S. The summed E-state index contributed by atoms with van der Waals surface area (Å²) >= 11 is 1.72. The maximum absolute atomic E-state index is 12.9. The third kappa shape index (κ3) is 4.24. The molecule has 0 atom stereocenters. The fourth-order valence-corrected chi connectivity index (χ4v) is 4.79. The summed E-state index contributed by atoms with van der Waals surface area (Å²) in [4.78, 5) is 28.4. The molecule has 0 aromatic carbocycles.